The molecule has 1 N–H and O–H groups in total. The van der Waals surface area contributed by atoms with Gasteiger partial charge in [-0.15, -0.1) is 0 Å². The van der Waals surface area contributed by atoms with Crippen molar-refractivity contribution in [2.45, 2.75) is 32.4 Å². The predicted molar refractivity (Wildman–Crippen MR) is 114 cm³/mol. The number of aromatic amines is 1. The molecule has 2 aromatic heterocycles. The third-order valence-corrected chi connectivity index (χ3v) is 5.89. The Morgan fingerprint density at radius 3 is 2.66 bits per heavy atom. The fourth-order valence-corrected chi connectivity index (χ4v) is 4.39. The second-order valence-electron chi connectivity index (χ2n) is 7.84. The molecule has 0 bridgehead atoms. The first-order valence-corrected chi connectivity index (χ1v) is 10.4. The fraction of sp³-hybridized carbons (Fsp3) is 0.348. The molecule has 0 atom stereocenters. The van der Waals surface area contributed by atoms with Gasteiger partial charge in [0.05, 0.1) is 11.3 Å². The number of hydrogen-bond acceptors (Lipinski definition) is 5. The minimum absolute atomic E-state index is 0.0480. The molecule has 1 fully saturated rings. The fourth-order valence-electron chi connectivity index (χ4n) is 4.39. The SMILES string of the molecule is O=c1[nH]c(-c2ccccn2)nc2c1CN(Cc1ccccc1N1CCCC1)CC2. The average Bonchev–Trinajstić information content (AvgIpc) is 3.30. The lowest BCUT2D eigenvalue weighted by atomic mass is 10.0. The number of anilines is 1. The van der Waals surface area contributed by atoms with Crippen LogP contribution in [0.5, 0.6) is 0 Å². The zero-order chi connectivity index (χ0) is 19.6. The quantitative estimate of drug-likeness (QED) is 0.746. The Balaban J connectivity index is 1.38. The van der Waals surface area contributed by atoms with Gasteiger partial charge in [-0.1, -0.05) is 24.3 Å². The van der Waals surface area contributed by atoms with E-state index in [2.05, 4.69) is 44.0 Å². The second-order valence-corrected chi connectivity index (χ2v) is 7.84. The normalized spacial score (nSPS) is 16.8. The molecule has 1 aromatic carbocycles. The van der Waals surface area contributed by atoms with Gasteiger partial charge < -0.3 is 9.88 Å². The van der Waals surface area contributed by atoms with Crippen LogP contribution in [0.15, 0.2) is 53.5 Å². The number of H-pyrrole nitrogens is 1. The van der Waals surface area contributed by atoms with Crippen molar-refractivity contribution >= 4 is 5.69 Å². The Labute approximate surface area is 170 Å². The highest BCUT2D eigenvalue weighted by atomic mass is 16.1. The van der Waals surface area contributed by atoms with Crippen LogP contribution >= 0.6 is 0 Å². The van der Waals surface area contributed by atoms with Crippen LogP contribution < -0.4 is 10.5 Å². The number of nitrogens with one attached hydrogen (secondary N) is 1. The van der Waals surface area contributed by atoms with Crippen molar-refractivity contribution in [1.82, 2.24) is 19.9 Å². The number of para-hydroxylation sites is 1. The molecule has 2 aliphatic rings. The number of fused-ring (bicyclic) bond motifs is 1. The molecule has 5 rings (SSSR count). The molecule has 0 unspecified atom stereocenters. The van der Waals surface area contributed by atoms with E-state index in [0.717, 1.165) is 43.9 Å². The molecule has 3 aromatic rings. The van der Waals surface area contributed by atoms with Gasteiger partial charge in [0.15, 0.2) is 5.82 Å². The highest BCUT2D eigenvalue weighted by Crippen LogP contribution is 2.27. The van der Waals surface area contributed by atoms with Crippen LogP contribution in [0.1, 0.15) is 29.7 Å². The number of benzene rings is 1. The van der Waals surface area contributed by atoms with E-state index in [1.54, 1.807) is 6.20 Å². The van der Waals surface area contributed by atoms with Gasteiger partial charge in [0, 0.05) is 51.0 Å². The van der Waals surface area contributed by atoms with Gasteiger partial charge in [0.2, 0.25) is 0 Å². The molecule has 0 aliphatic carbocycles. The summed E-state index contributed by atoms with van der Waals surface area (Å²) in [7, 11) is 0. The Hall–Kier alpha value is -2.99. The first-order chi connectivity index (χ1) is 14.3. The molecule has 0 saturated carbocycles. The van der Waals surface area contributed by atoms with E-state index in [4.69, 9.17) is 4.98 Å². The van der Waals surface area contributed by atoms with Crippen LogP contribution in [0.25, 0.3) is 11.5 Å². The number of hydrogen-bond donors (Lipinski definition) is 1. The molecule has 4 heterocycles. The molecule has 2 aliphatic heterocycles. The largest absolute Gasteiger partial charge is 0.371 e. The summed E-state index contributed by atoms with van der Waals surface area (Å²) < 4.78 is 0. The van der Waals surface area contributed by atoms with Crippen molar-refractivity contribution < 1.29 is 0 Å². The van der Waals surface area contributed by atoms with Crippen LogP contribution in [-0.4, -0.2) is 39.5 Å². The molecule has 0 spiro atoms. The van der Waals surface area contributed by atoms with E-state index in [9.17, 15) is 4.79 Å². The van der Waals surface area contributed by atoms with Crippen molar-refractivity contribution in [3.8, 4) is 11.5 Å². The maximum atomic E-state index is 12.8. The van der Waals surface area contributed by atoms with Crippen LogP contribution in [0.3, 0.4) is 0 Å². The van der Waals surface area contributed by atoms with Gasteiger partial charge in [-0.05, 0) is 36.6 Å². The van der Waals surface area contributed by atoms with Crippen LogP contribution in [0.4, 0.5) is 5.69 Å². The minimum atomic E-state index is -0.0480. The molecule has 6 heteroatoms. The summed E-state index contributed by atoms with van der Waals surface area (Å²) in [6.07, 6.45) is 5.04. The van der Waals surface area contributed by atoms with E-state index < -0.39 is 0 Å². The van der Waals surface area contributed by atoms with Gasteiger partial charge in [-0.2, -0.15) is 0 Å². The van der Waals surface area contributed by atoms with Gasteiger partial charge >= 0.3 is 0 Å². The number of rotatable bonds is 4. The van der Waals surface area contributed by atoms with Crippen LogP contribution in [-0.2, 0) is 19.5 Å². The first-order valence-electron chi connectivity index (χ1n) is 10.4. The highest BCUT2D eigenvalue weighted by molar-refractivity contribution is 5.54. The molecular formula is C23H25N5O. The number of nitrogens with zero attached hydrogens (tertiary/aromatic N) is 4. The van der Waals surface area contributed by atoms with Crippen molar-refractivity contribution in [1.29, 1.82) is 0 Å². The summed E-state index contributed by atoms with van der Waals surface area (Å²) in [5, 5.41) is 0. The van der Waals surface area contributed by atoms with E-state index >= 15 is 0 Å². The summed E-state index contributed by atoms with van der Waals surface area (Å²) in [6.45, 7) is 4.67. The Kier molecular flexibility index (Phi) is 4.86. The number of pyridine rings is 1. The Morgan fingerprint density at radius 1 is 1.00 bits per heavy atom. The molecular weight excluding hydrogens is 362 g/mol. The molecule has 0 amide bonds. The van der Waals surface area contributed by atoms with Gasteiger partial charge in [0.1, 0.15) is 5.69 Å². The zero-order valence-corrected chi connectivity index (χ0v) is 16.5. The van der Waals surface area contributed by atoms with Crippen LogP contribution in [0, 0.1) is 0 Å². The Morgan fingerprint density at radius 2 is 1.83 bits per heavy atom. The lowest BCUT2D eigenvalue weighted by Gasteiger charge is -2.30. The van der Waals surface area contributed by atoms with Crippen LogP contribution in [0.2, 0.25) is 0 Å². The van der Waals surface area contributed by atoms with Gasteiger partial charge in [0.25, 0.3) is 5.56 Å². The van der Waals surface area contributed by atoms with Crippen molar-refractivity contribution in [2.75, 3.05) is 24.5 Å². The lowest BCUT2D eigenvalue weighted by Crippen LogP contribution is -2.36. The Bertz CT molecular complexity index is 1060. The predicted octanol–water partition coefficient (Wildman–Crippen LogP) is 2.99. The monoisotopic (exact) mass is 387 g/mol. The summed E-state index contributed by atoms with van der Waals surface area (Å²) >= 11 is 0. The maximum Gasteiger partial charge on any atom is 0.255 e. The smallest absolute Gasteiger partial charge is 0.255 e. The third kappa shape index (κ3) is 3.68. The first kappa shape index (κ1) is 18.1. The van der Waals surface area contributed by atoms with Crippen molar-refractivity contribution in [3.05, 3.63) is 75.8 Å². The summed E-state index contributed by atoms with van der Waals surface area (Å²) in [4.78, 5) is 29.6. The van der Waals surface area contributed by atoms with Gasteiger partial charge in [-0.25, -0.2) is 4.98 Å². The topological polar surface area (TPSA) is 65.1 Å². The maximum absolute atomic E-state index is 12.8. The summed E-state index contributed by atoms with van der Waals surface area (Å²) in [5.74, 6) is 0.558. The third-order valence-electron chi connectivity index (χ3n) is 5.89. The van der Waals surface area contributed by atoms with E-state index in [0.29, 0.717) is 18.1 Å². The molecule has 148 valence electrons. The van der Waals surface area contributed by atoms with E-state index in [1.165, 1.54) is 24.1 Å². The van der Waals surface area contributed by atoms with E-state index in [-0.39, 0.29) is 5.56 Å². The standard InChI is InChI=1S/C23H25N5O/c29-23-18-16-27(15-17-7-1-2-9-21(17)28-12-5-6-13-28)14-10-19(18)25-22(26-23)20-8-3-4-11-24-20/h1-4,7-9,11H,5-6,10,12-16H2,(H,25,26,29). The lowest BCUT2D eigenvalue weighted by molar-refractivity contribution is 0.242. The average molecular weight is 387 g/mol. The molecule has 6 nitrogen and oxygen atoms in total. The van der Waals surface area contributed by atoms with Crippen molar-refractivity contribution in [3.63, 3.8) is 0 Å². The van der Waals surface area contributed by atoms with Gasteiger partial charge in [-0.3, -0.25) is 14.7 Å². The molecule has 1 saturated heterocycles. The second kappa shape index (κ2) is 7.79. The summed E-state index contributed by atoms with van der Waals surface area (Å²) in [6, 6.07) is 14.3. The van der Waals surface area contributed by atoms with Crippen molar-refractivity contribution in [2.24, 2.45) is 0 Å². The molecule has 29 heavy (non-hydrogen) atoms. The highest BCUT2D eigenvalue weighted by Gasteiger charge is 2.23. The van der Waals surface area contributed by atoms with E-state index in [1.807, 2.05) is 18.2 Å². The molecule has 0 radical (unpaired) electrons. The zero-order valence-electron chi connectivity index (χ0n) is 16.5. The minimum Gasteiger partial charge on any atom is -0.371 e. The summed E-state index contributed by atoms with van der Waals surface area (Å²) in [5.41, 5.74) is 5.02. The number of aromatic nitrogens is 3.